The Hall–Kier alpha value is -3.08. The maximum Gasteiger partial charge on any atom is 0.347 e. The van der Waals surface area contributed by atoms with Crippen molar-refractivity contribution >= 4 is 11.9 Å². The summed E-state index contributed by atoms with van der Waals surface area (Å²) in [5.41, 5.74) is 4.20. The van der Waals surface area contributed by atoms with Gasteiger partial charge in [0, 0.05) is 5.92 Å². The zero-order valence-electron chi connectivity index (χ0n) is 15.9. The molecular weight excluding hydrogens is 354 g/mol. The molecule has 4 rings (SSSR count). The second kappa shape index (κ2) is 7.15. The quantitative estimate of drug-likeness (QED) is 0.615. The molecule has 1 aliphatic carbocycles. The molecule has 28 heavy (non-hydrogen) atoms. The fraction of sp³-hybridized carbons (Fsp3) is 0.304. The van der Waals surface area contributed by atoms with E-state index >= 15 is 0 Å². The van der Waals surface area contributed by atoms with Crippen LogP contribution in [0.3, 0.4) is 0 Å². The second-order valence-electron chi connectivity index (χ2n) is 7.74. The van der Waals surface area contributed by atoms with E-state index in [0.717, 1.165) is 22.3 Å². The summed E-state index contributed by atoms with van der Waals surface area (Å²) in [6, 6.07) is 15.6. The van der Waals surface area contributed by atoms with Crippen molar-refractivity contribution in [1.82, 2.24) is 5.32 Å². The van der Waals surface area contributed by atoms with Crippen LogP contribution in [0.25, 0.3) is 11.1 Å². The Morgan fingerprint density at radius 3 is 2.21 bits per heavy atom. The maximum atomic E-state index is 12.6. The lowest BCUT2D eigenvalue weighted by atomic mass is 9.98. The maximum absolute atomic E-state index is 12.6. The summed E-state index contributed by atoms with van der Waals surface area (Å²) >= 11 is 0. The summed E-state index contributed by atoms with van der Waals surface area (Å²) in [7, 11) is 0. The Kier molecular flexibility index (Phi) is 4.67. The lowest BCUT2D eigenvalue weighted by Gasteiger charge is -2.14. The molecule has 2 aromatic rings. The van der Waals surface area contributed by atoms with Crippen LogP contribution in [0.2, 0.25) is 0 Å². The van der Waals surface area contributed by atoms with Crippen LogP contribution in [0.1, 0.15) is 37.3 Å². The molecule has 144 valence electrons. The van der Waals surface area contributed by atoms with Gasteiger partial charge in [-0.1, -0.05) is 62.4 Å². The number of nitrogens with one attached hydrogen (secondary N) is 1. The van der Waals surface area contributed by atoms with E-state index in [1.54, 1.807) is 0 Å². The first kappa shape index (κ1) is 18.3. The molecule has 0 spiro atoms. The van der Waals surface area contributed by atoms with Crippen LogP contribution in [-0.2, 0) is 14.3 Å². The average molecular weight is 377 g/mol. The summed E-state index contributed by atoms with van der Waals surface area (Å²) in [4.78, 5) is 24.8. The topological polar surface area (TPSA) is 75.6 Å². The molecule has 1 aliphatic heterocycles. The number of fused-ring (bicyclic) bond motifs is 3. The van der Waals surface area contributed by atoms with Gasteiger partial charge in [-0.3, -0.25) is 4.79 Å². The lowest BCUT2D eigenvalue weighted by molar-refractivity contribution is -0.140. The van der Waals surface area contributed by atoms with Crippen molar-refractivity contribution in [3.8, 4) is 11.1 Å². The van der Waals surface area contributed by atoms with Crippen LogP contribution in [0.5, 0.6) is 0 Å². The molecule has 1 amide bonds. The molecule has 5 nitrogen and oxygen atoms in total. The summed E-state index contributed by atoms with van der Waals surface area (Å²) in [5.74, 6) is -1.37. The van der Waals surface area contributed by atoms with Gasteiger partial charge in [-0.25, -0.2) is 4.79 Å². The van der Waals surface area contributed by atoms with Gasteiger partial charge in [0.1, 0.15) is 12.4 Å². The van der Waals surface area contributed by atoms with Crippen molar-refractivity contribution in [2.45, 2.75) is 32.2 Å². The molecule has 5 heteroatoms. The molecule has 2 N–H and O–H groups in total. The number of amides is 1. The summed E-state index contributed by atoms with van der Waals surface area (Å²) in [6.45, 7) is 4.10. The predicted octanol–water partition coefficient (Wildman–Crippen LogP) is 3.70. The first-order valence-corrected chi connectivity index (χ1v) is 9.56. The Labute approximate surface area is 164 Å². The van der Waals surface area contributed by atoms with Crippen LogP contribution in [0.15, 0.2) is 59.9 Å². The van der Waals surface area contributed by atoms with Crippen molar-refractivity contribution in [2.24, 2.45) is 5.92 Å². The van der Waals surface area contributed by atoms with Crippen LogP contribution in [-0.4, -0.2) is 29.6 Å². The van der Waals surface area contributed by atoms with Crippen LogP contribution >= 0.6 is 0 Å². The smallest absolute Gasteiger partial charge is 0.347 e. The van der Waals surface area contributed by atoms with Crippen molar-refractivity contribution in [3.63, 3.8) is 0 Å². The molecular formula is C23H23NO4. The number of aliphatic hydroxyl groups is 1. The molecule has 0 aromatic heterocycles. The molecule has 0 fully saturated rings. The van der Waals surface area contributed by atoms with Gasteiger partial charge in [0.05, 0.1) is 6.04 Å². The average Bonchev–Trinajstić information content (AvgIpc) is 3.13. The molecule has 0 radical (unpaired) electrons. The molecule has 2 aromatic carbocycles. The number of rotatable bonds is 5. The molecule has 2 aliphatic rings. The van der Waals surface area contributed by atoms with E-state index in [9.17, 15) is 14.7 Å². The minimum Gasteiger partial charge on any atom is -0.509 e. The van der Waals surface area contributed by atoms with E-state index in [2.05, 4.69) is 17.4 Å². The minimum absolute atomic E-state index is 0.0879. The number of carbonyl (C=O) groups is 2. The Balaban J connectivity index is 1.54. The van der Waals surface area contributed by atoms with E-state index in [1.165, 1.54) is 0 Å². The highest BCUT2D eigenvalue weighted by Crippen LogP contribution is 2.44. The van der Waals surface area contributed by atoms with Gasteiger partial charge in [-0.05, 0) is 34.6 Å². The van der Waals surface area contributed by atoms with Gasteiger partial charge in [0.25, 0.3) is 5.91 Å². The second-order valence-corrected chi connectivity index (χ2v) is 7.74. The molecule has 0 unspecified atom stereocenters. The Morgan fingerprint density at radius 1 is 1.07 bits per heavy atom. The number of aliphatic hydroxyl groups excluding tert-OH is 1. The summed E-state index contributed by atoms with van der Waals surface area (Å²) in [6.07, 6.45) is 0.567. The van der Waals surface area contributed by atoms with Crippen molar-refractivity contribution in [3.05, 3.63) is 71.0 Å². The van der Waals surface area contributed by atoms with Crippen molar-refractivity contribution in [2.75, 3.05) is 6.61 Å². The number of hydrogen-bond donors (Lipinski definition) is 2. The van der Waals surface area contributed by atoms with E-state index in [1.807, 2.05) is 50.2 Å². The van der Waals surface area contributed by atoms with Crippen molar-refractivity contribution in [1.29, 1.82) is 0 Å². The zero-order chi connectivity index (χ0) is 19.8. The first-order valence-electron chi connectivity index (χ1n) is 9.56. The number of hydrogen-bond acceptors (Lipinski definition) is 4. The van der Waals surface area contributed by atoms with E-state index in [-0.39, 0.29) is 29.8 Å². The Bertz CT molecular complexity index is 931. The third-order valence-corrected chi connectivity index (χ3v) is 5.37. The zero-order valence-corrected chi connectivity index (χ0v) is 15.9. The lowest BCUT2D eigenvalue weighted by Crippen LogP contribution is -2.30. The molecule has 1 atom stereocenters. The third kappa shape index (κ3) is 3.07. The van der Waals surface area contributed by atoms with Crippen LogP contribution in [0.4, 0.5) is 0 Å². The van der Waals surface area contributed by atoms with Gasteiger partial charge in [-0.2, -0.15) is 0 Å². The highest BCUT2D eigenvalue weighted by Gasteiger charge is 2.38. The molecule has 0 bridgehead atoms. The van der Waals surface area contributed by atoms with Crippen LogP contribution < -0.4 is 5.32 Å². The van der Waals surface area contributed by atoms with Gasteiger partial charge in [0.15, 0.2) is 5.57 Å². The molecule has 1 heterocycles. The summed E-state index contributed by atoms with van der Waals surface area (Å²) < 4.78 is 5.50. The first-order chi connectivity index (χ1) is 13.5. The largest absolute Gasteiger partial charge is 0.509 e. The monoisotopic (exact) mass is 377 g/mol. The predicted molar refractivity (Wildman–Crippen MR) is 106 cm³/mol. The minimum atomic E-state index is -0.775. The van der Waals surface area contributed by atoms with Gasteiger partial charge < -0.3 is 15.2 Å². The number of benzene rings is 2. The van der Waals surface area contributed by atoms with Crippen molar-refractivity contribution < 1.29 is 19.4 Å². The summed E-state index contributed by atoms with van der Waals surface area (Å²) in [5, 5.41) is 13.0. The van der Waals surface area contributed by atoms with E-state index in [4.69, 9.17) is 4.74 Å². The standard InChI is InChI=1S/C23H23NO4/c1-13(2)11-19-21(25)20(22(26)24-19)23(27)28-12-18-16-9-5-3-7-14(16)15-8-4-6-10-17(15)18/h3-10,13,18-19,25H,11-12H2,1-2H3,(H,24,26)/t19-/m0/s1. The van der Waals surface area contributed by atoms with E-state index < -0.39 is 17.9 Å². The normalized spacial score (nSPS) is 18.2. The van der Waals surface area contributed by atoms with E-state index in [0.29, 0.717) is 6.42 Å². The fourth-order valence-electron chi connectivity index (χ4n) is 4.10. The highest BCUT2D eigenvalue weighted by molar-refractivity contribution is 6.18. The van der Waals surface area contributed by atoms with Gasteiger partial charge >= 0.3 is 5.97 Å². The van der Waals surface area contributed by atoms with Gasteiger partial charge in [0.2, 0.25) is 0 Å². The molecule has 0 saturated carbocycles. The number of carbonyl (C=O) groups excluding carboxylic acids is 2. The fourth-order valence-corrected chi connectivity index (χ4v) is 4.10. The number of ether oxygens (including phenoxy) is 1. The van der Waals surface area contributed by atoms with Gasteiger partial charge in [-0.15, -0.1) is 0 Å². The molecule has 0 saturated heterocycles. The number of esters is 1. The highest BCUT2D eigenvalue weighted by atomic mass is 16.5. The SMILES string of the molecule is CC(C)C[C@@H]1NC(=O)C(C(=O)OCC2c3ccccc3-c3ccccc32)=C1O. The van der Waals surface area contributed by atoms with Crippen LogP contribution in [0, 0.1) is 5.92 Å². The Morgan fingerprint density at radius 2 is 1.64 bits per heavy atom. The third-order valence-electron chi connectivity index (χ3n) is 5.37.